The molecule has 4 rings (SSSR count). The predicted molar refractivity (Wildman–Crippen MR) is 89.8 cm³/mol. The zero-order valence-corrected chi connectivity index (χ0v) is 12.1. The Morgan fingerprint density at radius 2 is 1.48 bits per heavy atom. The molecule has 0 saturated carbocycles. The molecule has 0 aliphatic heterocycles. The average molecular weight is 306 g/mol. The second kappa shape index (κ2) is 5.54. The molecule has 4 aromatic rings. The highest BCUT2D eigenvalue weighted by molar-refractivity contribution is 6.35. The molecule has 0 spiro atoms. The molecule has 112 valence electrons. The van der Waals surface area contributed by atoms with E-state index in [1.807, 2.05) is 36.4 Å². The summed E-state index contributed by atoms with van der Waals surface area (Å²) in [6.45, 7) is 0. The fraction of sp³-hybridized carbons (Fsp3) is 0. The van der Waals surface area contributed by atoms with Crippen LogP contribution in [0.25, 0.3) is 32.3 Å². The Bertz CT molecular complexity index is 1020. The smallest absolute Gasteiger partial charge is 0.510 e. The quantitative estimate of drug-likeness (QED) is 0.346. The van der Waals surface area contributed by atoms with Crippen LogP contribution in [0.2, 0.25) is 0 Å². The van der Waals surface area contributed by atoms with E-state index in [4.69, 9.17) is 4.65 Å². The third-order valence-corrected chi connectivity index (χ3v) is 3.99. The number of hydrogen-bond donors (Lipinski definition) is 1. The van der Waals surface area contributed by atoms with Gasteiger partial charge in [-0.25, -0.2) is 0 Å². The van der Waals surface area contributed by atoms with Crippen LogP contribution in [-0.4, -0.2) is 12.3 Å². The molecular formula is C18H12BFO3. The minimum Gasteiger partial charge on any atom is -0.510 e. The topological polar surface area (TPSA) is 38.7 Å². The fourth-order valence-electron chi connectivity index (χ4n) is 2.99. The number of fused-ring (bicyclic) bond motifs is 4. The van der Waals surface area contributed by atoms with Crippen molar-refractivity contribution in [2.45, 2.75) is 0 Å². The van der Waals surface area contributed by atoms with Gasteiger partial charge in [-0.15, -0.1) is 0 Å². The van der Waals surface area contributed by atoms with E-state index in [-0.39, 0.29) is 0 Å². The summed E-state index contributed by atoms with van der Waals surface area (Å²) < 4.78 is 17.3. The van der Waals surface area contributed by atoms with Gasteiger partial charge in [-0.2, -0.15) is 4.86 Å². The Morgan fingerprint density at radius 1 is 0.783 bits per heavy atom. The maximum absolute atomic E-state index is 12.1. The highest BCUT2D eigenvalue weighted by Gasteiger charge is 2.21. The van der Waals surface area contributed by atoms with E-state index in [0.717, 1.165) is 32.3 Å². The standard InChI is InChI=1S/C18H12BFO3/c20-23-19(21)22-17-7-3-6-12-8-9-15-10-13-4-1-2-5-14(13)11-16(15)18(12)17/h1-11,21H. The molecule has 0 amide bonds. The van der Waals surface area contributed by atoms with Gasteiger partial charge in [0.05, 0.1) is 0 Å². The molecule has 0 aliphatic carbocycles. The van der Waals surface area contributed by atoms with Gasteiger partial charge in [-0.05, 0) is 45.1 Å². The molecule has 4 aromatic carbocycles. The van der Waals surface area contributed by atoms with E-state index >= 15 is 0 Å². The van der Waals surface area contributed by atoms with Crippen LogP contribution in [0.5, 0.6) is 5.75 Å². The number of rotatable bonds is 3. The minimum atomic E-state index is -1.95. The highest BCUT2D eigenvalue weighted by Crippen LogP contribution is 2.35. The predicted octanol–water partition coefficient (Wildman–Crippen LogP) is 4.40. The molecule has 0 aliphatic rings. The molecular weight excluding hydrogens is 294 g/mol. The van der Waals surface area contributed by atoms with Gasteiger partial charge in [-0.3, -0.25) is 0 Å². The number of halogens is 1. The maximum Gasteiger partial charge on any atom is 0.743 e. The summed E-state index contributed by atoms with van der Waals surface area (Å²) in [4.78, 5) is 3.32. The lowest BCUT2D eigenvalue weighted by atomic mass is 9.97. The van der Waals surface area contributed by atoms with E-state index in [2.05, 4.69) is 23.1 Å². The van der Waals surface area contributed by atoms with Gasteiger partial charge >= 0.3 is 7.32 Å². The maximum atomic E-state index is 12.1. The van der Waals surface area contributed by atoms with Crippen LogP contribution < -0.4 is 4.65 Å². The third-order valence-electron chi connectivity index (χ3n) is 3.99. The molecule has 23 heavy (non-hydrogen) atoms. The Balaban J connectivity index is 2.07. The van der Waals surface area contributed by atoms with Crippen LogP contribution in [-0.2, 0) is 4.86 Å². The lowest BCUT2D eigenvalue weighted by molar-refractivity contribution is -0.0525. The van der Waals surface area contributed by atoms with Crippen molar-refractivity contribution < 1.29 is 19.1 Å². The Morgan fingerprint density at radius 3 is 2.26 bits per heavy atom. The Hall–Kier alpha value is -2.63. The fourth-order valence-corrected chi connectivity index (χ4v) is 2.99. The van der Waals surface area contributed by atoms with Crippen LogP contribution in [0.3, 0.4) is 0 Å². The molecule has 0 saturated heterocycles. The molecule has 0 atom stereocenters. The molecule has 3 nitrogen and oxygen atoms in total. The first kappa shape index (κ1) is 14.0. The summed E-state index contributed by atoms with van der Waals surface area (Å²) >= 11 is 0. The molecule has 0 bridgehead atoms. The molecule has 0 radical (unpaired) electrons. The largest absolute Gasteiger partial charge is 0.743 e. The van der Waals surface area contributed by atoms with Crippen LogP contribution in [0, 0.1) is 0 Å². The summed E-state index contributed by atoms with van der Waals surface area (Å²) in [7, 11) is -1.95. The van der Waals surface area contributed by atoms with Crippen molar-refractivity contribution in [1.82, 2.24) is 0 Å². The summed E-state index contributed by atoms with van der Waals surface area (Å²) in [5.74, 6) is 0.369. The van der Waals surface area contributed by atoms with E-state index in [1.165, 1.54) is 0 Å². The summed E-state index contributed by atoms with van der Waals surface area (Å²) in [6.07, 6.45) is 0. The van der Waals surface area contributed by atoms with E-state index in [1.54, 1.807) is 12.1 Å². The zero-order valence-electron chi connectivity index (χ0n) is 12.1. The second-order valence-electron chi connectivity index (χ2n) is 5.35. The highest BCUT2D eigenvalue weighted by atomic mass is 19.3. The summed E-state index contributed by atoms with van der Waals surface area (Å²) in [5.41, 5.74) is 0. The first-order valence-corrected chi connectivity index (χ1v) is 7.22. The van der Waals surface area contributed by atoms with E-state index in [9.17, 15) is 9.55 Å². The lowest BCUT2D eigenvalue weighted by Crippen LogP contribution is -2.22. The first-order valence-electron chi connectivity index (χ1n) is 7.22. The van der Waals surface area contributed by atoms with E-state index < -0.39 is 7.32 Å². The van der Waals surface area contributed by atoms with Gasteiger partial charge in [0.1, 0.15) is 5.75 Å². The Kier molecular flexibility index (Phi) is 3.37. The van der Waals surface area contributed by atoms with Crippen molar-refractivity contribution >= 4 is 39.6 Å². The van der Waals surface area contributed by atoms with Crippen LogP contribution in [0.15, 0.2) is 66.7 Å². The van der Waals surface area contributed by atoms with Crippen molar-refractivity contribution in [3.8, 4) is 5.75 Å². The van der Waals surface area contributed by atoms with E-state index in [0.29, 0.717) is 5.75 Å². The van der Waals surface area contributed by atoms with Crippen LogP contribution in [0.4, 0.5) is 4.53 Å². The SMILES string of the molecule is OB(OF)Oc1cccc2ccc3cc4ccccc4cc3c12. The van der Waals surface area contributed by atoms with Gasteiger partial charge < -0.3 is 9.68 Å². The van der Waals surface area contributed by atoms with Crippen molar-refractivity contribution in [1.29, 1.82) is 0 Å². The molecule has 0 fully saturated rings. The van der Waals surface area contributed by atoms with Crippen molar-refractivity contribution in [3.05, 3.63) is 66.7 Å². The van der Waals surface area contributed by atoms with Gasteiger partial charge in [-0.1, -0.05) is 53.1 Å². The summed E-state index contributed by atoms with van der Waals surface area (Å²) in [5, 5.41) is 15.3. The van der Waals surface area contributed by atoms with Gasteiger partial charge in [0.25, 0.3) is 0 Å². The normalized spacial score (nSPS) is 11.2. The molecule has 1 N–H and O–H groups in total. The van der Waals surface area contributed by atoms with Gasteiger partial charge in [0, 0.05) is 5.39 Å². The van der Waals surface area contributed by atoms with Crippen LogP contribution in [0.1, 0.15) is 0 Å². The van der Waals surface area contributed by atoms with Crippen molar-refractivity contribution in [2.75, 3.05) is 0 Å². The molecule has 0 aromatic heterocycles. The Labute approximate surface area is 131 Å². The van der Waals surface area contributed by atoms with Crippen LogP contribution >= 0.6 is 0 Å². The summed E-state index contributed by atoms with van der Waals surface area (Å²) in [6, 6.07) is 21.7. The molecule has 5 heteroatoms. The second-order valence-corrected chi connectivity index (χ2v) is 5.35. The minimum absolute atomic E-state index is 0.369. The molecule has 0 heterocycles. The zero-order chi connectivity index (χ0) is 15.8. The lowest BCUT2D eigenvalue weighted by Gasteiger charge is -2.12. The van der Waals surface area contributed by atoms with Gasteiger partial charge in [0.2, 0.25) is 0 Å². The molecule has 0 unspecified atom stereocenters. The van der Waals surface area contributed by atoms with Gasteiger partial charge in [0.15, 0.2) is 0 Å². The monoisotopic (exact) mass is 306 g/mol. The number of hydrogen-bond acceptors (Lipinski definition) is 3. The number of benzene rings is 4. The van der Waals surface area contributed by atoms with Crippen molar-refractivity contribution in [3.63, 3.8) is 0 Å². The first-order chi connectivity index (χ1) is 11.3. The third kappa shape index (κ3) is 2.40. The average Bonchev–Trinajstić information content (AvgIpc) is 2.59. The van der Waals surface area contributed by atoms with Crippen molar-refractivity contribution in [2.24, 2.45) is 0 Å².